The lowest BCUT2D eigenvalue weighted by Crippen LogP contribution is -2.48. The third kappa shape index (κ3) is 3.49. The molecule has 0 spiro atoms. The zero-order valence-corrected chi connectivity index (χ0v) is 15.2. The second-order valence-electron chi connectivity index (χ2n) is 7.64. The van der Waals surface area contributed by atoms with Crippen molar-refractivity contribution in [1.29, 1.82) is 0 Å². The summed E-state index contributed by atoms with van der Waals surface area (Å²) < 4.78 is 5.41. The molecular formula is C18H23N3O5. The van der Waals surface area contributed by atoms with Gasteiger partial charge in [-0.15, -0.1) is 0 Å². The number of hydrogen-bond donors (Lipinski definition) is 0. The van der Waals surface area contributed by atoms with Gasteiger partial charge in [0, 0.05) is 25.2 Å². The zero-order valence-electron chi connectivity index (χ0n) is 15.2. The Kier molecular flexibility index (Phi) is 4.60. The Hall–Kier alpha value is -2.64. The van der Waals surface area contributed by atoms with Gasteiger partial charge in [0.1, 0.15) is 11.6 Å². The quantitative estimate of drug-likeness (QED) is 0.596. The first-order valence-corrected chi connectivity index (χ1v) is 8.76. The normalized spacial score (nSPS) is 19.4. The van der Waals surface area contributed by atoms with E-state index in [0.717, 1.165) is 12.0 Å². The smallest absolute Gasteiger partial charge is 0.410 e. The van der Waals surface area contributed by atoms with Crippen molar-refractivity contribution in [1.82, 2.24) is 4.90 Å². The number of likely N-dealkylation sites (tertiary alicyclic amines) is 1. The standard InChI is InChI=1S/C18H23N3O5/c1-18(2,3)26-17(23)20-9-4-5-14(20)16(22)19-10-8-12-6-7-13(21(24)25)11-15(12)19/h6-7,11,14H,4-5,8-10H2,1-3H3. The van der Waals surface area contributed by atoms with E-state index in [4.69, 9.17) is 4.74 Å². The number of non-ortho nitro benzene ring substituents is 1. The maximum Gasteiger partial charge on any atom is 0.410 e. The lowest BCUT2D eigenvalue weighted by Gasteiger charge is -2.30. The topological polar surface area (TPSA) is 93.0 Å². The maximum atomic E-state index is 13.1. The Morgan fingerprint density at radius 3 is 2.65 bits per heavy atom. The number of nitrogens with zero attached hydrogens (tertiary/aromatic N) is 3. The summed E-state index contributed by atoms with van der Waals surface area (Å²) in [6.45, 7) is 6.30. The fourth-order valence-electron chi connectivity index (χ4n) is 3.45. The van der Waals surface area contributed by atoms with Gasteiger partial charge in [-0.3, -0.25) is 19.8 Å². The Morgan fingerprint density at radius 1 is 1.27 bits per heavy atom. The van der Waals surface area contributed by atoms with Gasteiger partial charge in [-0.1, -0.05) is 6.07 Å². The molecule has 2 aliphatic rings. The van der Waals surface area contributed by atoms with E-state index in [1.165, 1.54) is 17.0 Å². The maximum absolute atomic E-state index is 13.1. The molecule has 1 unspecified atom stereocenters. The predicted octanol–water partition coefficient (Wildman–Crippen LogP) is 2.88. The highest BCUT2D eigenvalue weighted by molar-refractivity contribution is 6.00. The van der Waals surface area contributed by atoms with Crippen LogP contribution in [0, 0.1) is 10.1 Å². The highest BCUT2D eigenvalue weighted by Gasteiger charge is 2.40. The molecule has 0 aromatic heterocycles. The molecule has 8 nitrogen and oxygen atoms in total. The Labute approximate surface area is 151 Å². The van der Waals surface area contributed by atoms with Crippen LogP contribution in [0.1, 0.15) is 39.2 Å². The van der Waals surface area contributed by atoms with Crippen LogP contribution >= 0.6 is 0 Å². The van der Waals surface area contributed by atoms with Crippen LogP contribution < -0.4 is 4.90 Å². The summed E-state index contributed by atoms with van der Waals surface area (Å²) in [7, 11) is 0. The molecule has 0 saturated carbocycles. The van der Waals surface area contributed by atoms with E-state index in [0.29, 0.717) is 31.6 Å². The minimum absolute atomic E-state index is 0.0427. The third-order valence-corrected chi connectivity index (χ3v) is 4.61. The predicted molar refractivity (Wildman–Crippen MR) is 95.1 cm³/mol. The molecule has 0 aliphatic carbocycles. The van der Waals surface area contributed by atoms with Crippen LogP contribution in [0.15, 0.2) is 18.2 Å². The fourth-order valence-corrected chi connectivity index (χ4v) is 3.45. The first kappa shape index (κ1) is 18.2. The molecule has 2 amide bonds. The minimum Gasteiger partial charge on any atom is -0.444 e. The molecule has 1 atom stereocenters. The number of carbonyl (C=O) groups is 2. The Morgan fingerprint density at radius 2 is 2.00 bits per heavy atom. The Balaban J connectivity index is 1.81. The van der Waals surface area contributed by atoms with Crippen molar-refractivity contribution in [3.63, 3.8) is 0 Å². The minimum atomic E-state index is -0.631. The molecule has 26 heavy (non-hydrogen) atoms. The van der Waals surface area contributed by atoms with Crippen LogP contribution in [0.4, 0.5) is 16.2 Å². The van der Waals surface area contributed by atoms with E-state index in [-0.39, 0.29) is 11.6 Å². The van der Waals surface area contributed by atoms with E-state index < -0.39 is 22.7 Å². The van der Waals surface area contributed by atoms with Crippen LogP contribution in [-0.4, -0.2) is 46.6 Å². The summed E-state index contributed by atoms with van der Waals surface area (Å²) in [4.78, 5) is 39.1. The third-order valence-electron chi connectivity index (χ3n) is 4.61. The largest absolute Gasteiger partial charge is 0.444 e. The fraction of sp³-hybridized carbons (Fsp3) is 0.556. The number of rotatable bonds is 2. The number of fused-ring (bicyclic) bond motifs is 1. The van der Waals surface area contributed by atoms with E-state index in [1.54, 1.807) is 31.7 Å². The van der Waals surface area contributed by atoms with Gasteiger partial charge >= 0.3 is 6.09 Å². The molecule has 0 radical (unpaired) electrons. The van der Waals surface area contributed by atoms with Gasteiger partial charge in [0.15, 0.2) is 0 Å². The first-order valence-electron chi connectivity index (χ1n) is 8.76. The van der Waals surface area contributed by atoms with Gasteiger partial charge in [0.25, 0.3) is 5.69 Å². The number of amides is 2. The molecule has 1 aromatic carbocycles. The molecule has 0 N–H and O–H groups in total. The number of nitro benzene ring substituents is 1. The van der Waals surface area contributed by atoms with E-state index in [1.807, 2.05) is 0 Å². The number of carbonyl (C=O) groups excluding carboxylic acids is 2. The number of ether oxygens (including phenoxy) is 1. The van der Waals surface area contributed by atoms with Crippen molar-refractivity contribution in [2.75, 3.05) is 18.0 Å². The molecule has 1 saturated heterocycles. The molecule has 2 aliphatic heterocycles. The van der Waals surface area contributed by atoms with E-state index in [2.05, 4.69) is 0 Å². The summed E-state index contributed by atoms with van der Waals surface area (Å²) in [5.41, 5.74) is 0.804. The summed E-state index contributed by atoms with van der Waals surface area (Å²) in [6.07, 6.45) is 1.45. The van der Waals surface area contributed by atoms with Crippen molar-refractivity contribution in [3.05, 3.63) is 33.9 Å². The molecule has 8 heteroatoms. The van der Waals surface area contributed by atoms with Crippen LogP contribution in [0.25, 0.3) is 0 Å². The number of nitro groups is 1. The van der Waals surface area contributed by atoms with Crippen LogP contribution in [0.5, 0.6) is 0 Å². The SMILES string of the molecule is CC(C)(C)OC(=O)N1CCCC1C(=O)N1CCc2ccc([N+](=O)[O-])cc21. The lowest BCUT2D eigenvalue weighted by atomic mass is 10.1. The average Bonchev–Trinajstić information content (AvgIpc) is 3.19. The van der Waals surface area contributed by atoms with Gasteiger partial charge in [-0.25, -0.2) is 4.79 Å². The highest BCUT2D eigenvalue weighted by Crippen LogP contribution is 2.34. The monoisotopic (exact) mass is 361 g/mol. The molecule has 3 rings (SSSR count). The second kappa shape index (κ2) is 6.59. The van der Waals surface area contributed by atoms with E-state index in [9.17, 15) is 19.7 Å². The number of hydrogen-bond acceptors (Lipinski definition) is 5. The summed E-state index contributed by atoms with van der Waals surface area (Å²) >= 11 is 0. The summed E-state index contributed by atoms with van der Waals surface area (Å²) in [6, 6.07) is 4.00. The zero-order chi connectivity index (χ0) is 19.1. The van der Waals surface area contributed by atoms with Gasteiger partial charge < -0.3 is 9.64 Å². The van der Waals surface area contributed by atoms with E-state index >= 15 is 0 Å². The first-order chi connectivity index (χ1) is 12.2. The van der Waals surface area contributed by atoms with Gasteiger partial charge in [-0.2, -0.15) is 0 Å². The lowest BCUT2D eigenvalue weighted by molar-refractivity contribution is -0.384. The van der Waals surface area contributed by atoms with Crippen LogP contribution in [0.3, 0.4) is 0 Å². The molecular weight excluding hydrogens is 338 g/mol. The van der Waals surface area contributed by atoms with Crippen molar-refractivity contribution in [2.24, 2.45) is 0 Å². The molecule has 0 bridgehead atoms. The van der Waals surface area contributed by atoms with Gasteiger partial charge in [-0.05, 0) is 45.6 Å². The second-order valence-corrected chi connectivity index (χ2v) is 7.64. The number of benzene rings is 1. The average molecular weight is 361 g/mol. The molecule has 140 valence electrons. The molecule has 1 aromatic rings. The highest BCUT2D eigenvalue weighted by atomic mass is 16.6. The van der Waals surface area contributed by atoms with Gasteiger partial charge in [0.05, 0.1) is 10.6 Å². The summed E-state index contributed by atoms with van der Waals surface area (Å²) in [5.74, 6) is -0.201. The van der Waals surface area contributed by atoms with Gasteiger partial charge in [0.2, 0.25) is 5.91 Å². The number of anilines is 1. The molecule has 1 fully saturated rings. The van der Waals surface area contributed by atoms with Crippen molar-refractivity contribution in [2.45, 2.75) is 51.7 Å². The van der Waals surface area contributed by atoms with Crippen molar-refractivity contribution in [3.8, 4) is 0 Å². The van der Waals surface area contributed by atoms with Crippen molar-refractivity contribution >= 4 is 23.4 Å². The van der Waals surface area contributed by atoms with Crippen molar-refractivity contribution < 1.29 is 19.2 Å². The van der Waals surface area contributed by atoms with Crippen LogP contribution in [0.2, 0.25) is 0 Å². The van der Waals surface area contributed by atoms with Crippen LogP contribution in [-0.2, 0) is 16.0 Å². The molecule has 2 heterocycles. The summed E-state index contributed by atoms with van der Waals surface area (Å²) in [5, 5.41) is 11.0. The Bertz CT molecular complexity index is 756.